The van der Waals surface area contributed by atoms with Gasteiger partial charge >= 0.3 is 0 Å². The molecule has 2 aromatic heterocycles. The summed E-state index contributed by atoms with van der Waals surface area (Å²) in [6.45, 7) is 3.17. The Balaban J connectivity index is 1.46. The number of hydrogen-bond acceptors (Lipinski definition) is 6. The van der Waals surface area contributed by atoms with Gasteiger partial charge in [0, 0.05) is 35.9 Å². The topological polar surface area (TPSA) is 67.4 Å². The molecule has 1 N–H and O–H groups in total. The third kappa shape index (κ3) is 3.74. The largest absolute Gasteiger partial charge is 0.378 e. The van der Waals surface area contributed by atoms with Crippen molar-refractivity contribution in [3.63, 3.8) is 0 Å². The van der Waals surface area contributed by atoms with Crippen LogP contribution in [0.25, 0.3) is 10.6 Å². The first-order valence-electron chi connectivity index (χ1n) is 8.41. The molecule has 0 unspecified atom stereocenters. The quantitative estimate of drug-likeness (QED) is 0.767. The van der Waals surface area contributed by atoms with Crippen molar-refractivity contribution in [2.45, 2.75) is 0 Å². The lowest BCUT2D eigenvalue weighted by Gasteiger charge is -2.27. The number of carbonyl (C=O) groups excluding carboxylic acids is 1. The van der Waals surface area contributed by atoms with Gasteiger partial charge in [0.05, 0.1) is 13.2 Å². The lowest BCUT2D eigenvalue weighted by Crippen LogP contribution is -2.36. The highest BCUT2D eigenvalue weighted by Crippen LogP contribution is 2.25. The Labute approximate surface area is 155 Å². The molecule has 4 rings (SSSR count). The molecule has 1 saturated heterocycles. The van der Waals surface area contributed by atoms with Gasteiger partial charge in [-0.1, -0.05) is 18.2 Å². The van der Waals surface area contributed by atoms with E-state index >= 15 is 0 Å². The number of para-hydroxylation sites is 1. The van der Waals surface area contributed by atoms with Crippen molar-refractivity contribution in [1.29, 1.82) is 0 Å². The molecule has 1 aliphatic rings. The number of nitrogens with one attached hydrogen (secondary N) is 1. The van der Waals surface area contributed by atoms with E-state index in [1.54, 1.807) is 5.38 Å². The summed E-state index contributed by atoms with van der Waals surface area (Å²) >= 11 is 1.44. The fourth-order valence-electron chi connectivity index (χ4n) is 2.72. The number of anilines is 2. The molecule has 3 heterocycles. The van der Waals surface area contributed by atoms with E-state index in [4.69, 9.17) is 4.74 Å². The number of pyridine rings is 1. The summed E-state index contributed by atoms with van der Waals surface area (Å²) in [6.07, 6.45) is 1.81. The Morgan fingerprint density at radius 3 is 2.65 bits per heavy atom. The predicted octanol–water partition coefficient (Wildman–Crippen LogP) is 3.29. The van der Waals surface area contributed by atoms with Gasteiger partial charge in [0.25, 0.3) is 5.91 Å². The van der Waals surface area contributed by atoms with Crippen molar-refractivity contribution in [1.82, 2.24) is 9.97 Å². The molecule has 1 aliphatic heterocycles. The third-order valence-corrected chi connectivity index (χ3v) is 4.99. The van der Waals surface area contributed by atoms with Gasteiger partial charge in [-0.2, -0.15) is 0 Å². The number of carbonyl (C=O) groups is 1. The Hall–Kier alpha value is -2.77. The molecule has 6 nitrogen and oxygen atoms in total. The molecular weight excluding hydrogens is 348 g/mol. The van der Waals surface area contributed by atoms with Crippen LogP contribution in [0.3, 0.4) is 0 Å². The van der Waals surface area contributed by atoms with E-state index < -0.39 is 0 Å². The first-order chi connectivity index (χ1) is 12.8. The van der Waals surface area contributed by atoms with Crippen LogP contribution in [0.2, 0.25) is 0 Å². The van der Waals surface area contributed by atoms with E-state index in [1.807, 2.05) is 48.7 Å². The number of ether oxygens (including phenoxy) is 1. The SMILES string of the molecule is O=C(Nc1ccccc1)c1csc(-c2ccc(N3CCOCC3)nc2)n1. The molecule has 0 saturated carbocycles. The van der Waals surface area contributed by atoms with E-state index in [2.05, 4.69) is 20.2 Å². The molecule has 0 atom stereocenters. The van der Waals surface area contributed by atoms with E-state index in [9.17, 15) is 4.79 Å². The van der Waals surface area contributed by atoms with Crippen LogP contribution in [0.1, 0.15) is 10.5 Å². The highest BCUT2D eigenvalue weighted by Gasteiger charge is 2.15. The van der Waals surface area contributed by atoms with Crippen LogP contribution in [-0.4, -0.2) is 42.2 Å². The van der Waals surface area contributed by atoms with Crippen molar-refractivity contribution in [2.75, 3.05) is 36.5 Å². The molecule has 132 valence electrons. The van der Waals surface area contributed by atoms with Gasteiger partial charge in [-0.05, 0) is 24.3 Å². The minimum Gasteiger partial charge on any atom is -0.378 e. The highest BCUT2D eigenvalue weighted by atomic mass is 32.1. The molecule has 7 heteroatoms. The van der Waals surface area contributed by atoms with Crippen molar-refractivity contribution in [2.24, 2.45) is 0 Å². The fraction of sp³-hybridized carbons (Fsp3) is 0.211. The zero-order valence-corrected chi connectivity index (χ0v) is 14.9. The van der Waals surface area contributed by atoms with Crippen LogP contribution >= 0.6 is 11.3 Å². The third-order valence-electron chi connectivity index (χ3n) is 4.10. The summed E-state index contributed by atoms with van der Waals surface area (Å²) in [7, 11) is 0. The first-order valence-corrected chi connectivity index (χ1v) is 9.28. The number of rotatable bonds is 4. The lowest BCUT2D eigenvalue weighted by molar-refractivity contribution is 0.102. The summed E-state index contributed by atoms with van der Waals surface area (Å²) < 4.78 is 5.37. The van der Waals surface area contributed by atoms with Gasteiger partial charge in [0.15, 0.2) is 0 Å². The zero-order valence-electron chi connectivity index (χ0n) is 14.1. The number of amides is 1. The number of nitrogens with zero attached hydrogens (tertiary/aromatic N) is 3. The maximum Gasteiger partial charge on any atom is 0.275 e. The average Bonchev–Trinajstić information content (AvgIpc) is 3.20. The number of thiazole rings is 1. The van der Waals surface area contributed by atoms with Crippen molar-refractivity contribution < 1.29 is 9.53 Å². The normalized spacial score (nSPS) is 14.2. The summed E-state index contributed by atoms with van der Waals surface area (Å²) in [4.78, 5) is 23.5. The lowest BCUT2D eigenvalue weighted by atomic mass is 10.3. The summed E-state index contributed by atoms with van der Waals surface area (Å²) in [5, 5.41) is 5.40. The fourth-order valence-corrected chi connectivity index (χ4v) is 3.51. The Morgan fingerprint density at radius 2 is 1.92 bits per heavy atom. The highest BCUT2D eigenvalue weighted by molar-refractivity contribution is 7.13. The maximum absolute atomic E-state index is 12.3. The molecule has 0 bridgehead atoms. The Kier molecular flexibility index (Phi) is 4.90. The standard InChI is InChI=1S/C19H18N4O2S/c24-18(21-15-4-2-1-3-5-15)16-13-26-19(22-16)14-6-7-17(20-12-14)23-8-10-25-11-9-23/h1-7,12-13H,8-11H2,(H,21,24). The van der Waals surface area contributed by atoms with Gasteiger partial charge in [-0.25, -0.2) is 9.97 Å². The summed E-state index contributed by atoms with van der Waals surface area (Å²) in [5.74, 6) is 0.729. The average molecular weight is 366 g/mol. The van der Waals surface area contributed by atoms with Crippen LogP contribution in [-0.2, 0) is 4.74 Å². The second-order valence-corrected chi connectivity index (χ2v) is 6.72. The van der Waals surface area contributed by atoms with Gasteiger partial charge in [-0.3, -0.25) is 4.79 Å². The van der Waals surface area contributed by atoms with E-state index in [1.165, 1.54) is 11.3 Å². The monoisotopic (exact) mass is 366 g/mol. The van der Waals surface area contributed by atoms with Crippen molar-refractivity contribution >= 4 is 28.7 Å². The van der Waals surface area contributed by atoms with E-state index in [0.29, 0.717) is 5.69 Å². The molecule has 0 radical (unpaired) electrons. The second kappa shape index (κ2) is 7.63. The van der Waals surface area contributed by atoms with Gasteiger partial charge in [0.2, 0.25) is 0 Å². The maximum atomic E-state index is 12.3. The first kappa shape index (κ1) is 16.7. The van der Waals surface area contributed by atoms with E-state index in [0.717, 1.165) is 48.4 Å². The number of morpholine rings is 1. The number of aromatic nitrogens is 2. The molecule has 1 aromatic carbocycles. The minimum absolute atomic E-state index is 0.211. The van der Waals surface area contributed by atoms with Crippen molar-refractivity contribution in [3.05, 3.63) is 59.7 Å². The smallest absolute Gasteiger partial charge is 0.275 e. The van der Waals surface area contributed by atoms with Crippen LogP contribution in [0.4, 0.5) is 11.5 Å². The van der Waals surface area contributed by atoms with Crippen LogP contribution in [0.15, 0.2) is 54.0 Å². The number of hydrogen-bond donors (Lipinski definition) is 1. The molecule has 0 aliphatic carbocycles. The molecule has 0 spiro atoms. The Morgan fingerprint density at radius 1 is 1.12 bits per heavy atom. The van der Waals surface area contributed by atoms with E-state index in [-0.39, 0.29) is 5.91 Å². The van der Waals surface area contributed by atoms with Crippen LogP contribution in [0.5, 0.6) is 0 Å². The molecule has 3 aromatic rings. The molecular formula is C19H18N4O2S. The Bertz CT molecular complexity index is 874. The summed E-state index contributed by atoms with van der Waals surface area (Å²) in [6, 6.07) is 13.3. The summed E-state index contributed by atoms with van der Waals surface area (Å²) in [5.41, 5.74) is 2.07. The molecule has 1 fully saturated rings. The van der Waals surface area contributed by atoms with Crippen LogP contribution in [0, 0.1) is 0 Å². The molecule has 26 heavy (non-hydrogen) atoms. The minimum atomic E-state index is -0.211. The second-order valence-electron chi connectivity index (χ2n) is 5.86. The van der Waals surface area contributed by atoms with Gasteiger partial charge in [0.1, 0.15) is 16.5 Å². The zero-order chi connectivity index (χ0) is 17.8. The van der Waals surface area contributed by atoms with Gasteiger partial charge < -0.3 is 15.0 Å². The van der Waals surface area contributed by atoms with Crippen molar-refractivity contribution in [3.8, 4) is 10.6 Å². The van der Waals surface area contributed by atoms with Crippen LogP contribution < -0.4 is 10.2 Å². The molecule has 1 amide bonds. The predicted molar refractivity (Wildman–Crippen MR) is 103 cm³/mol. The number of benzene rings is 1. The van der Waals surface area contributed by atoms with Gasteiger partial charge in [-0.15, -0.1) is 11.3 Å².